The molecular weight excluding hydrogens is 270 g/mol. The molecule has 16 heavy (non-hydrogen) atoms. The minimum atomic E-state index is -0.148. The van der Waals surface area contributed by atoms with Crippen LogP contribution in [0.4, 0.5) is 10.5 Å². The van der Waals surface area contributed by atoms with E-state index in [1.807, 2.05) is 24.3 Å². The average molecular weight is 284 g/mol. The van der Waals surface area contributed by atoms with Gasteiger partial charge in [-0.15, -0.1) is 0 Å². The maximum atomic E-state index is 11.5. The van der Waals surface area contributed by atoms with Crippen molar-refractivity contribution in [3.63, 3.8) is 0 Å². The molecule has 0 aliphatic carbocycles. The summed E-state index contributed by atoms with van der Waals surface area (Å²) in [5, 5.41) is 8.80. The summed E-state index contributed by atoms with van der Waals surface area (Å²) in [6.07, 6.45) is 0. The summed E-state index contributed by atoms with van der Waals surface area (Å²) in [6, 6.07) is 7.38. The number of halogens is 1. The molecule has 0 radical (unpaired) electrons. The van der Waals surface area contributed by atoms with E-state index >= 15 is 0 Å². The van der Waals surface area contributed by atoms with Crippen molar-refractivity contribution in [1.82, 2.24) is 10.6 Å². The van der Waals surface area contributed by atoms with Crippen LogP contribution in [0.2, 0.25) is 0 Å². The van der Waals surface area contributed by atoms with Gasteiger partial charge >= 0.3 is 6.03 Å². The van der Waals surface area contributed by atoms with Crippen LogP contribution in [-0.2, 0) is 0 Å². The van der Waals surface area contributed by atoms with Crippen LogP contribution in [0.3, 0.4) is 0 Å². The molecule has 86 valence electrons. The normalized spacial score (nSPS) is 15.3. The smallest absolute Gasteiger partial charge is 0.319 e. The number of urea groups is 1. The summed E-state index contributed by atoms with van der Waals surface area (Å²) in [4.78, 5) is 11.5. The molecule has 1 aliphatic rings. The van der Waals surface area contributed by atoms with Gasteiger partial charge in [-0.05, 0) is 18.2 Å². The fraction of sp³-hybridized carbons (Fsp3) is 0.364. The molecular formula is C11H14BrN3O. The lowest BCUT2D eigenvalue weighted by Gasteiger charge is -2.27. The minimum Gasteiger partial charge on any atom is -0.337 e. The van der Waals surface area contributed by atoms with Gasteiger partial charge in [0.1, 0.15) is 0 Å². The van der Waals surface area contributed by atoms with Crippen LogP contribution in [0.1, 0.15) is 0 Å². The first-order valence-corrected chi connectivity index (χ1v) is 6.04. The second kappa shape index (κ2) is 5.32. The summed E-state index contributed by atoms with van der Waals surface area (Å²) >= 11 is 3.35. The quantitative estimate of drug-likeness (QED) is 0.792. The zero-order valence-electron chi connectivity index (χ0n) is 8.79. The fourth-order valence-corrected chi connectivity index (χ4v) is 1.87. The van der Waals surface area contributed by atoms with Crippen molar-refractivity contribution >= 4 is 27.6 Å². The number of hydrogen-bond acceptors (Lipinski definition) is 2. The maximum Gasteiger partial charge on any atom is 0.319 e. The van der Waals surface area contributed by atoms with Gasteiger partial charge < -0.3 is 16.0 Å². The van der Waals surface area contributed by atoms with E-state index in [9.17, 15) is 4.79 Å². The molecule has 1 aromatic carbocycles. The number of benzene rings is 1. The highest BCUT2D eigenvalue weighted by atomic mass is 79.9. The summed E-state index contributed by atoms with van der Waals surface area (Å²) in [7, 11) is 0. The Morgan fingerprint density at radius 2 is 2.31 bits per heavy atom. The van der Waals surface area contributed by atoms with Gasteiger partial charge in [-0.1, -0.05) is 22.0 Å². The number of carbonyl (C=O) groups excluding carboxylic acids is 1. The topological polar surface area (TPSA) is 53.2 Å². The summed E-state index contributed by atoms with van der Waals surface area (Å²) in [6.45, 7) is 2.72. The number of amides is 2. The second-order valence-corrected chi connectivity index (χ2v) is 4.79. The molecule has 1 aromatic rings. The molecule has 2 rings (SSSR count). The van der Waals surface area contributed by atoms with Gasteiger partial charge in [-0.2, -0.15) is 0 Å². The molecule has 1 heterocycles. The van der Waals surface area contributed by atoms with Gasteiger partial charge in [-0.25, -0.2) is 4.79 Å². The Balaban J connectivity index is 1.77. The largest absolute Gasteiger partial charge is 0.337 e. The Morgan fingerprint density at radius 1 is 1.50 bits per heavy atom. The van der Waals surface area contributed by atoms with Gasteiger partial charge in [-0.3, -0.25) is 0 Å². The first-order valence-electron chi connectivity index (χ1n) is 5.25. The van der Waals surface area contributed by atoms with Gasteiger partial charge in [0, 0.05) is 35.7 Å². The Bertz CT molecular complexity index is 379. The molecule has 1 aliphatic heterocycles. The number of anilines is 1. The minimum absolute atomic E-state index is 0.148. The Labute approximate surface area is 103 Å². The van der Waals surface area contributed by atoms with Crippen LogP contribution in [0.5, 0.6) is 0 Å². The Hall–Kier alpha value is -1.07. The van der Waals surface area contributed by atoms with Gasteiger partial charge in [0.25, 0.3) is 0 Å². The van der Waals surface area contributed by atoms with Gasteiger partial charge in [0.15, 0.2) is 0 Å². The molecule has 0 spiro atoms. The standard InChI is InChI=1S/C11H14BrN3O/c12-9-2-1-3-10(4-9)15-11(16)14-7-8-5-13-6-8/h1-4,8,13H,5-7H2,(H2,14,15,16). The zero-order valence-corrected chi connectivity index (χ0v) is 10.4. The molecule has 0 bridgehead atoms. The third-order valence-electron chi connectivity index (χ3n) is 2.50. The highest BCUT2D eigenvalue weighted by Gasteiger charge is 2.16. The summed E-state index contributed by atoms with van der Waals surface area (Å²) < 4.78 is 0.952. The first kappa shape index (κ1) is 11.4. The Morgan fingerprint density at radius 3 is 2.94 bits per heavy atom. The predicted octanol–water partition coefficient (Wildman–Crippen LogP) is 1.79. The van der Waals surface area contributed by atoms with E-state index in [4.69, 9.17) is 0 Å². The molecule has 2 amide bonds. The van der Waals surface area contributed by atoms with Crippen molar-refractivity contribution in [2.75, 3.05) is 25.0 Å². The highest BCUT2D eigenvalue weighted by Crippen LogP contribution is 2.15. The number of rotatable bonds is 3. The van der Waals surface area contributed by atoms with Crippen LogP contribution in [0.25, 0.3) is 0 Å². The SMILES string of the molecule is O=C(NCC1CNC1)Nc1cccc(Br)c1. The van der Waals surface area contributed by atoms with Gasteiger partial charge in [0.05, 0.1) is 0 Å². The van der Waals surface area contributed by atoms with Crippen molar-refractivity contribution in [3.05, 3.63) is 28.7 Å². The lowest BCUT2D eigenvalue weighted by molar-refractivity contribution is 0.246. The van der Waals surface area contributed by atoms with Crippen molar-refractivity contribution in [2.24, 2.45) is 5.92 Å². The van der Waals surface area contributed by atoms with Crippen LogP contribution in [0.15, 0.2) is 28.7 Å². The molecule has 1 saturated heterocycles. The number of nitrogens with one attached hydrogen (secondary N) is 3. The third-order valence-corrected chi connectivity index (χ3v) is 2.99. The van der Waals surface area contributed by atoms with E-state index in [1.54, 1.807) is 0 Å². The number of hydrogen-bond donors (Lipinski definition) is 3. The second-order valence-electron chi connectivity index (χ2n) is 3.87. The average Bonchev–Trinajstić information content (AvgIpc) is 2.15. The molecule has 0 saturated carbocycles. The van der Waals surface area contributed by atoms with E-state index in [0.717, 1.165) is 29.8 Å². The molecule has 0 atom stereocenters. The first-order chi connectivity index (χ1) is 7.74. The molecule has 3 N–H and O–H groups in total. The van der Waals surface area contributed by atoms with E-state index in [0.29, 0.717) is 5.92 Å². The third kappa shape index (κ3) is 3.21. The molecule has 0 aromatic heterocycles. The fourth-order valence-electron chi connectivity index (χ4n) is 1.47. The van der Waals surface area contributed by atoms with Crippen molar-refractivity contribution in [3.8, 4) is 0 Å². The van der Waals surface area contributed by atoms with E-state index < -0.39 is 0 Å². The Kier molecular flexibility index (Phi) is 3.79. The van der Waals surface area contributed by atoms with Crippen LogP contribution >= 0.6 is 15.9 Å². The van der Waals surface area contributed by atoms with Crippen molar-refractivity contribution < 1.29 is 4.79 Å². The molecule has 1 fully saturated rings. The zero-order chi connectivity index (χ0) is 11.4. The van der Waals surface area contributed by atoms with Gasteiger partial charge in [0.2, 0.25) is 0 Å². The van der Waals surface area contributed by atoms with E-state index in [-0.39, 0.29) is 6.03 Å². The monoisotopic (exact) mass is 283 g/mol. The summed E-state index contributed by atoms with van der Waals surface area (Å²) in [5.41, 5.74) is 0.790. The number of carbonyl (C=O) groups is 1. The predicted molar refractivity (Wildman–Crippen MR) is 67.5 cm³/mol. The van der Waals surface area contributed by atoms with Crippen molar-refractivity contribution in [1.29, 1.82) is 0 Å². The lowest BCUT2D eigenvalue weighted by Crippen LogP contribution is -2.48. The van der Waals surface area contributed by atoms with Crippen molar-refractivity contribution in [2.45, 2.75) is 0 Å². The van der Waals surface area contributed by atoms with E-state index in [2.05, 4.69) is 31.9 Å². The molecule has 0 unspecified atom stereocenters. The molecule has 4 nitrogen and oxygen atoms in total. The molecule has 5 heteroatoms. The summed E-state index contributed by atoms with van der Waals surface area (Å²) in [5.74, 6) is 0.577. The maximum absolute atomic E-state index is 11.5. The van der Waals surface area contributed by atoms with Crippen LogP contribution in [0, 0.1) is 5.92 Å². The van der Waals surface area contributed by atoms with Crippen LogP contribution in [-0.4, -0.2) is 25.7 Å². The van der Waals surface area contributed by atoms with Crippen LogP contribution < -0.4 is 16.0 Å². The lowest BCUT2D eigenvalue weighted by atomic mass is 10.0. The highest BCUT2D eigenvalue weighted by molar-refractivity contribution is 9.10. The van der Waals surface area contributed by atoms with E-state index in [1.165, 1.54) is 0 Å².